The van der Waals surface area contributed by atoms with E-state index in [4.69, 9.17) is 0 Å². The van der Waals surface area contributed by atoms with Crippen LogP contribution in [0.25, 0.3) is 11.3 Å². The highest BCUT2D eigenvalue weighted by Crippen LogP contribution is 2.21. The van der Waals surface area contributed by atoms with Crippen molar-refractivity contribution in [3.05, 3.63) is 54.5 Å². The van der Waals surface area contributed by atoms with E-state index < -0.39 is 0 Å². The third-order valence-corrected chi connectivity index (χ3v) is 4.03. The number of rotatable bonds is 5. The number of hydrogen-bond donors (Lipinski definition) is 2. The lowest BCUT2D eigenvalue weighted by Crippen LogP contribution is -2.28. The molecule has 1 aliphatic carbocycles. The molecular formula is C18H21N3O. The van der Waals surface area contributed by atoms with E-state index in [1.807, 2.05) is 43.5 Å². The quantitative estimate of drug-likeness (QED) is 0.828. The standard InChI is InChI=1S/C18H21N3O/c1-13(20-17(22)11-14-7-5-6-8-14)18-19-12-16(21-18)15-9-3-2-4-10-15/h2-5,7,9-10,12-14H,6,8,11H2,1H3,(H,19,21)(H,20,22)/t13-,14-/m0/s1. The Morgan fingerprint density at radius 2 is 2.23 bits per heavy atom. The molecule has 0 aliphatic heterocycles. The zero-order chi connectivity index (χ0) is 15.4. The summed E-state index contributed by atoms with van der Waals surface area (Å²) in [5.74, 6) is 1.26. The lowest BCUT2D eigenvalue weighted by molar-refractivity contribution is -0.122. The molecule has 2 atom stereocenters. The number of nitrogens with one attached hydrogen (secondary N) is 2. The van der Waals surface area contributed by atoms with E-state index >= 15 is 0 Å². The van der Waals surface area contributed by atoms with Crippen molar-refractivity contribution >= 4 is 5.91 Å². The first kappa shape index (κ1) is 14.6. The van der Waals surface area contributed by atoms with Gasteiger partial charge in [0.2, 0.25) is 5.91 Å². The number of amides is 1. The minimum absolute atomic E-state index is 0.0849. The Morgan fingerprint density at radius 3 is 2.95 bits per heavy atom. The maximum Gasteiger partial charge on any atom is 0.221 e. The summed E-state index contributed by atoms with van der Waals surface area (Å²) in [5.41, 5.74) is 2.06. The van der Waals surface area contributed by atoms with Crippen molar-refractivity contribution in [3.8, 4) is 11.3 Å². The van der Waals surface area contributed by atoms with E-state index in [0.29, 0.717) is 12.3 Å². The van der Waals surface area contributed by atoms with Crippen molar-refractivity contribution in [1.82, 2.24) is 15.3 Å². The molecule has 0 fully saturated rings. The van der Waals surface area contributed by atoms with Crippen LogP contribution >= 0.6 is 0 Å². The van der Waals surface area contributed by atoms with Crippen LogP contribution in [0.2, 0.25) is 0 Å². The molecule has 2 N–H and O–H groups in total. The fourth-order valence-electron chi connectivity index (χ4n) is 2.79. The van der Waals surface area contributed by atoms with Gasteiger partial charge in [0.1, 0.15) is 5.82 Å². The normalized spacial score (nSPS) is 18.3. The number of carbonyl (C=O) groups excluding carboxylic acids is 1. The maximum absolute atomic E-state index is 12.1. The number of benzene rings is 1. The number of allylic oxidation sites excluding steroid dienone is 2. The Morgan fingerprint density at radius 1 is 1.41 bits per heavy atom. The number of H-pyrrole nitrogens is 1. The Labute approximate surface area is 130 Å². The zero-order valence-corrected chi connectivity index (χ0v) is 12.8. The van der Waals surface area contributed by atoms with Gasteiger partial charge in [-0.1, -0.05) is 42.5 Å². The molecule has 3 rings (SSSR count). The SMILES string of the molecule is C[C@H](NC(=O)C[C@H]1C=CCC1)c1ncc(-c2ccccc2)[nH]1. The molecule has 1 amide bonds. The van der Waals surface area contributed by atoms with Gasteiger partial charge in [-0.25, -0.2) is 4.98 Å². The van der Waals surface area contributed by atoms with E-state index in [0.717, 1.165) is 29.9 Å². The Balaban J connectivity index is 1.60. The van der Waals surface area contributed by atoms with E-state index in [1.54, 1.807) is 0 Å². The molecule has 0 radical (unpaired) electrons. The molecule has 0 saturated heterocycles. The van der Waals surface area contributed by atoms with Crippen LogP contribution in [-0.4, -0.2) is 15.9 Å². The van der Waals surface area contributed by atoms with Crippen LogP contribution in [0.1, 0.15) is 38.1 Å². The average molecular weight is 295 g/mol. The van der Waals surface area contributed by atoms with Crippen molar-refractivity contribution in [2.45, 2.75) is 32.2 Å². The highest BCUT2D eigenvalue weighted by Gasteiger charge is 2.17. The van der Waals surface area contributed by atoms with Crippen LogP contribution in [0, 0.1) is 5.92 Å². The molecule has 2 aromatic rings. The fraction of sp³-hybridized carbons (Fsp3) is 0.333. The van der Waals surface area contributed by atoms with Gasteiger partial charge in [0, 0.05) is 6.42 Å². The van der Waals surface area contributed by atoms with Crippen molar-refractivity contribution in [2.24, 2.45) is 5.92 Å². The van der Waals surface area contributed by atoms with Gasteiger partial charge < -0.3 is 10.3 Å². The predicted octanol–water partition coefficient (Wildman–Crippen LogP) is 3.61. The molecule has 114 valence electrons. The Hall–Kier alpha value is -2.36. The molecule has 0 spiro atoms. The molecule has 1 aromatic carbocycles. The monoisotopic (exact) mass is 295 g/mol. The van der Waals surface area contributed by atoms with Gasteiger partial charge in [-0.3, -0.25) is 4.79 Å². The van der Waals surface area contributed by atoms with Crippen LogP contribution in [0.4, 0.5) is 0 Å². The molecule has 4 heteroatoms. The van der Waals surface area contributed by atoms with Crippen molar-refractivity contribution in [3.63, 3.8) is 0 Å². The third-order valence-electron chi connectivity index (χ3n) is 4.03. The van der Waals surface area contributed by atoms with Gasteiger partial charge >= 0.3 is 0 Å². The Kier molecular flexibility index (Phi) is 4.37. The minimum atomic E-state index is -0.115. The summed E-state index contributed by atoms with van der Waals surface area (Å²) in [6.07, 6.45) is 8.84. The predicted molar refractivity (Wildman–Crippen MR) is 87.1 cm³/mol. The molecule has 0 unspecified atom stereocenters. The van der Waals surface area contributed by atoms with E-state index in [-0.39, 0.29) is 11.9 Å². The molecular weight excluding hydrogens is 274 g/mol. The highest BCUT2D eigenvalue weighted by atomic mass is 16.1. The van der Waals surface area contributed by atoms with Gasteiger partial charge in [-0.15, -0.1) is 0 Å². The molecule has 0 bridgehead atoms. The molecule has 1 aliphatic rings. The summed E-state index contributed by atoms with van der Waals surface area (Å²) in [4.78, 5) is 19.8. The molecule has 1 heterocycles. The first-order chi connectivity index (χ1) is 10.7. The summed E-state index contributed by atoms with van der Waals surface area (Å²) < 4.78 is 0. The second kappa shape index (κ2) is 6.60. The average Bonchev–Trinajstić information content (AvgIpc) is 3.19. The first-order valence-corrected chi connectivity index (χ1v) is 7.78. The first-order valence-electron chi connectivity index (χ1n) is 7.78. The number of aromatic amines is 1. The van der Waals surface area contributed by atoms with Crippen molar-refractivity contribution in [2.75, 3.05) is 0 Å². The zero-order valence-electron chi connectivity index (χ0n) is 12.8. The number of imidazole rings is 1. The lowest BCUT2D eigenvalue weighted by atomic mass is 10.0. The van der Waals surface area contributed by atoms with Gasteiger partial charge in [0.25, 0.3) is 0 Å². The number of aromatic nitrogens is 2. The third kappa shape index (κ3) is 3.45. The minimum Gasteiger partial charge on any atom is -0.346 e. The number of carbonyl (C=O) groups is 1. The summed E-state index contributed by atoms with van der Waals surface area (Å²) in [6, 6.07) is 9.93. The van der Waals surface area contributed by atoms with Crippen LogP contribution < -0.4 is 5.32 Å². The van der Waals surface area contributed by atoms with Crippen molar-refractivity contribution in [1.29, 1.82) is 0 Å². The van der Waals surface area contributed by atoms with Crippen LogP contribution in [0.15, 0.2) is 48.7 Å². The largest absolute Gasteiger partial charge is 0.346 e. The summed E-state index contributed by atoms with van der Waals surface area (Å²) in [7, 11) is 0. The second-order valence-electron chi connectivity index (χ2n) is 5.81. The van der Waals surface area contributed by atoms with Crippen LogP contribution in [0.5, 0.6) is 0 Å². The lowest BCUT2D eigenvalue weighted by Gasteiger charge is -2.13. The molecule has 4 nitrogen and oxygen atoms in total. The molecule has 22 heavy (non-hydrogen) atoms. The second-order valence-corrected chi connectivity index (χ2v) is 5.81. The number of nitrogens with zero attached hydrogens (tertiary/aromatic N) is 1. The molecule has 1 aromatic heterocycles. The van der Waals surface area contributed by atoms with E-state index in [9.17, 15) is 4.79 Å². The molecule has 0 saturated carbocycles. The van der Waals surface area contributed by atoms with Crippen molar-refractivity contribution < 1.29 is 4.79 Å². The van der Waals surface area contributed by atoms with Gasteiger partial charge in [-0.2, -0.15) is 0 Å². The summed E-state index contributed by atoms with van der Waals surface area (Å²) >= 11 is 0. The van der Waals surface area contributed by atoms with E-state index in [2.05, 4.69) is 27.4 Å². The number of hydrogen-bond acceptors (Lipinski definition) is 2. The van der Waals surface area contributed by atoms with Crippen LogP contribution in [-0.2, 0) is 4.79 Å². The fourth-order valence-corrected chi connectivity index (χ4v) is 2.79. The van der Waals surface area contributed by atoms with Gasteiger partial charge in [0.05, 0.1) is 17.9 Å². The maximum atomic E-state index is 12.1. The summed E-state index contributed by atoms with van der Waals surface area (Å²) in [6.45, 7) is 1.95. The van der Waals surface area contributed by atoms with E-state index in [1.165, 1.54) is 0 Å². The highest BCUT2D eigenvalue weighted by molar-refractivity contribution is 5.76. The Bertz CT molecular complexity index is 660. The smallest absolute Gasteiger partial charge is 0.221 e. The topological polar surface area (TPSA) is 57.8 Å². The van der Waals surface area contributed by atoms with Crippen LogP contribution in [0.3, 0.4) is 0 Å². The van der Waals surface area contributed by atoms with Gasteiger partial charge in [-0.05, 0) is 31.2 Å². The van der Waals surface area contributed by atoms with Gasteiger partial charge in [0.15, 0.2) is 0 Å². The summed E-state index contributed by atoms with van der Waals surface area (Å²) in [5, 5.41) is 3.02.